The fraction of sp³-hybridized carbons (Fsp3) is 0.200. The van der Waals surface area contributed by atoms with E-state index in [1.807, 2.05) is 0 Å². The summed E-state index contributed by atoms with van der Waals surface area (Å²) in [7, 11) is 0. The second kappa shape index (κ2) is 7.42. The number of carbonyl (C=O) groups is 1. The fourth-order valence-electron chi connectivity index (χ4n) is 3.45. The van der Waals surface area contributed by atoms with Gasteiger partial charge < -0.3 is 13.8 Å². The first-order valence-electron chi connectivity index (χ1n) is 9.22. The van der Waals surface area contributed by atoms with Crippen molar-refractivity contribution in [2.75, 3.05) is 6.54 Å². The predicted molar refractivity (Wildman–Crippen MR) is 104 cm³/mol. The van der Waals surface area contributed by atoms with Gasteiger partial charge in [0.05, 0.1) is 11.3 Å². The zero-order valence-corrected chi connectivity index (χ0v) is 16.3. The van der Waals surface area contributed by atoms with E-state index >= 15 is 0 Å². The normalized spacial score (nSPS) is 16.5. The monoisotopic (exact) mass is 427 g/mol. The first kappa shape index (κ1) is 18.6. The van der Waals surface area contributed by atoms with Crippen molar-refractivity contribution in [3.63, 3.8) is 0 Å². The number of amides is 1. The summed E-state index contributed by atoms with van der Waals surface area (Å²) in [4.78, 5) is 18.5. The van der Waals surface area contributed by atoms with Crippen molar-refractivity contribution in [2.45, 2.75) is 18.9 Å². The van der Waals surface area contributed by atoms with Gasteiger partial charge in [-0.2, -0.15) is 10.1 Å². The lowest BCUT2D eigenvalue weighted by atomic mass is 10.1. The summed E-state index contributed by atoms with van der Waals surface area (Å²) in [6.07, 6.45) is 1.84. The van der Waals surface area contributed by atoms with Gasteiger partial charge in [-0.15, -0.1) is 0 Å². The average molecular weight is 428 g/mol. The largest absolute Gasteiger partial charge is 0.463 e. The van der Waals surface area contributed by atoms with E-state index in [4.69, 9.17) is 20.5 Å². The van der Waals surface area contributed by atoms with E-state index in [-0.39, 0.29) is 29.2 Å². The zero-order chi connectivity index (χ0) is 20.7. The number of H-pyrrole nitrogens is 1. The molecule has 0 aliphatic carbocycles. The van der Waals surface area contributed by atoms with Gasteiger partial charge in [-0.25, -0.2) is 4.39 Å². The van der Waals surface area contributed by atoms with E-state index in [0.29, 0.717) is 36.1 Å². The van der Waals surface area contributed by atoms with Gasteiger partial charge in [-0.05, 0) is 29.8 Å². The summed E-state index contributed by atoms with van der Waals surface area (Å²) >= 11 is 5.83. The molecule has 0 bridgehead atoms. The molecule has 1 aromatic carbocycles. The Morgan fingerprint density at radius 3 is 3.00 bits per heavy atom. The van der Waals surface area contributed by atoms with E-state index in [0.717, 1.165) is 5.56 Å². The van der Waals surface area contributed by atoms with Crippen LogP contribution in [0.1, 0.15) is 23.7 Å². The molecule has 3 aromatic heterocycles. The highest BCUT2D eigenvalue weighted by Crippen LogP contribution is 2.30. The van der Waals surface area contributed by atoms with Crippen molar-refractivity contribution in [2.24, 2.45) is 0 Å². The van der Waals surface area contributed by atoms with Crippen LogP contribution in [0.2, 0.25) is 5.02 Å². The van der Waals surface area contributed by atoms with Gasteiger partial charge in [-0.3, -0.25) is 9.89 Å². The molecule has 1 atom stereocenters. The summed E-state index contributed by atoms with van der Waals surface area (Å²) in [5, 5.41) is 11.1. The van der Waals surface area contributed by atoms with Crippen LogP contribution in [0.5, 0.6) is 0 Å². The molecule has 152 valence electrons. The number of furan rings is 1. The number of likely N-dealkylation sites (tertiary alicyclic amines) is 1. The molecule has 0 radical (unpaired) electrons. The van der Waals surface area contributed by atoms with Gasteiger partial charge in [0.15, 0.2) is 11.6 Å². The quantitative estimate of drug-likeness (QED) is 0.516. The molecule has 1 aliphatic rings. The first-order valence-corrected chi connectivity index (χ1v) is 9.59. The van der Waals surface area contributed by atoms with E-state index in [1.165, 1.54) is 12.1 Å². The Hall–Kier alpha value is -3.46. The Morgan fingerprint density at radius 2 is 2.20 bits per heavy atom. The van der Waals surface area contributed by atoms with Crippen LogP contribution in [0.4, 0.5) is 4.39 Å². The minimum absolute atomic E-state index is 0.0338. The second-order valence-corrected chi connectivity index (χ2v) is 7.43. The standard InChI is InChI=1S/C20H15ClFN5O3/c21-13-6-11(3-4-14(13)22)9-27-10-12(7-18(27)28)19-23-20(30-26-19)16-8-15(24-25-16)17-2-1-5-29-17/h1-6,8,12H,7,9-10H2,(H,24,25). The van der Waals surface area contributed by atoms with Crippen LogP contribution in [0.25, 0.3) is 23.0 Å². The van der Waals surface area contributed by atoms with Crippen molar-refractivity contribution in [1.82, 2.24) is 25.2 Å². The number of carbonyl (C=O) groups excluding carboxylic acids is 1. The maximum Gasteiger partial charge on any atom is 0.275 e. The van der Waals surface area contributed by atoms with Crippen molar-refractivity contribution >= 4 is 17.5 Å². The van der Waals surface area contributed by atoms with Crippen LogP contribution in [0.3, 0.4) is 0 Å². The highest BCUT2D eigenvalue weighted by molar-refractivity contribution is 6.30. The third kappa shape index (κ3) is 3.48. The highest BCUT2D eigenvalue weighted by Gasteiger charge is 2.34. The molecule has 10 heteroatoms. The number of benzene rings is 1. The van der Waals surface area contributed by atoms with E-state index in [9.17, 15) is 9.18 Å². The average Bonchev–Trinajstić information content (AvgIpc) is 3.51. The summed E-state index contributed by atoms with van der Waals surface area (Å²) < 4.78 is 24.0. The summed E-state index contributed by atoms with van der Waals surface area (Å²) in [5.41, 5.74) is 1.93. The Kier molecular flexibility index (Phi) is 4.59. The lowest BCUT2D eigenvalue weighted by Gasteiger charge is -2.16. The van der Waals surface area contributed by atoms with Crippen LogP contribution < -0.4 is 0 Å². The van der Waals surface area contributed by atoms with E-state index in [1.54, 1.807) is 35.4 Å². The number of rotatable bonds is 5. The van der Waals surface area contributed by atoms with Crippen molar-refractivity contribution in [1.29, 1.82) is 0 Å². The molecular weight excluding hydrogens is 413 g/mol. The SMILES string of the molecule is O=C1CC(c2noc(-c3cc(-c4ccco4)n[nH]3)n2)CN1Cc1ccc(F)c(Cl)c1. The predicted octanol–water partition coefficient (Wildman–Crippen LogP) is 4.03. The van der Waals surface area contributed by atoms with Gasteiger partial charge in [-0.1, -0.05) is 22.8 Å². The molecule has 4 aromatic rings. The summed E-state index contributed by atoms with van der Waals surface area (Å²) in [6.45, 7) is 0.778. The van der Waals surface area contributed by atoms with Gasteiger partial charge in [0.25, 0.3) is 5.89 Å². The molecule has 1 amide bonds. The molecule has 1 N–H and O–H groups in total. The van der Waals surface area contributed by atoms with Crippen LogP contribution in [-0.4, -0.2) is 37.7 Å². The maximum atomic E-state index is 13.3. The topological polar surface area (TPSA) is 101 Å². The molecule has 1 fully saturated rings. The number of hydrogen-bond donors (Lipinski definition) is 1. The molecule has 8 nitrogen and oxygen atoms in total. The van der Waals surface area contributed by atoms with Crippen LogP contribution in [0.15, 0.2) is 51.6 Å². The van der Waals surface area contributed by atoms with Crippen molar-refractivity contribution in [3.05, 3.63) is 64.9 Å². The minimum Gasteiger partial charge on any atom is -0.463 e. The van der Waals surface area contributed by atoms with Crippen LogP contribution in [-0.2, 0) is 11.3 Å². The number of nitrogens with one attached hydrogen (secondary N) is 1. The first-order chi connectivity index (χ1) is 14.6. The van der Waals surface area contributed by atoms with Gasteiger partial charge in [0.1, 0.15) is 17.2 Å². The van der Waals surface area contributed by atoms with Gasteiger partial charge in [0.2, 0.25) is 5.91 Å². The number of aromatic nitrogens is 4. The molecule has 4 heterocycles. The molecule has 0 saturated carbocycles. The number of nitrogens with zero attached hydrogens (tertiary/aromatic N) is 4. The second-order valence-electron chi connectivity index (χ2n) is 7.03. The van der Waals surface area contributed by atoms with E-state index in [2.05, 4.69) is 20.3 Å². The minimum atomic E-state index is -0.487. The Labute approximate surface area is 174 Å². The lowest BCUT2D eigenvalue weighted by Crippen LogP contribution is -2.24. The van der Waals surface area contributed by atoms with Crippen molar-refractivity contribution in [3.8, 4) is 23.0 Å². The fourth-order valence-corrected chi connectivity index (χ4v) is 3.65. The highest BCUT2D eigenvalue weighted by atomic mass is 35.5. The Bertz CT molecular complexity index is 1200. The smallest absolute Gasteiger partial charge is 0.275 e. The number of aromatic amines is 1. The van der Waals surface area contributed by atoms with Crippen molar-refractivity contribution < 1.29 is 18.1 Å². The van der Waals surface area contributed by atoms with Crippen LogP contribution >= 0.6 is 11.6 Å². The number of hydrogen-bond acceptors (Lipinski definition) is 6. The Morgan fingerprint density at radius 1 is 1.30 bits per heavy atom. The third-order valence-corrected chi connectivity index (χ3v) is 5.25. The van der Waals surface area contributed by atoms with E-state index < -0.39 is 5.82 Å². The summed E-state index contributed by atoms with van der Waals surface area (Å²) in [6, 6.07) is 9.76. The van der Waals surface area contributed by atoms with Gasteiger partial charge >= 0.3 is 0 Å². The molecule has 0 spiro atoms. The van der Waals surface area contributed by atoms with Gasteiger partial charge in [0, 0.05) is 31.5 Å². The molecule has 1 aliphatic heterocycles. The van der Waals surface area contributed by atoms with Crippen LogP contribution in [0, 0.1) is 5.82 Å². The molecule has 30 heavy (non-hydrogen) atoms. The number of halogens is 2. The maximum absolute atomic E-state index is 13.3. The molecule has 1 saturated heterocycles. The summed E-state index contributed by atoms with van der Waals surface area (Å²) in [5.74, 6) is 0.639. The molecule has 5 rings (SSSR count). The third-order valence-electron chi connectivity index (χ3n) is 4.96. The zero-order valence-electron chi connectivity index (χ0n) is 15.5. The molecular formula is C20H15ClFN5O3. The lowest BCUT2D eigenvalue weighted by molar-refractivity contribution is -0.128. The Balaban J connectivity index is 1.29. The molecule has 1 unspecified atom stereocenters.